The monoisotopic (exact) mass is 423 g/mol. The predicted octanol–water partition coefficient (Wildman–Crippen LogP) is 3.87. The Morgan fingerprint density at radius 3 is 2.58 bits per heavy atom. The third-order valence-corrected chi connectivity index (χ3v) is 4.62. The Hall–Kier alpha value is -1.46. The Morgan fingerprint density at radius 1 is 1.42 bits per heavy atom. The number of piperidine rings is 1. The molecule has 0 aliphatic carbocycles. The van der Waals surface area contributed by atoms with E-state index in [2.05, 4.69) is 22.0 Å². The van der Waals surface area contributed by atoms with E-state index in [0.717, 1.165) is 0 Å². The highest BCUT2D eigenvalue weighted by Crippen LogP contribution is 2.35. The molecule has 1 N–H and O–H groups in total. The first-order valence-corrected chi connectivity index (χ1v) is 8.37. The summed E-state index contributed by atoms with van der Waals surface area (Å²) in [6.45, 7) is -0.370. The number of rotatable bonds is 3. The van der Waals surface area contributed by atoms with Crippen molar-refractivity contribution in [1.82, 2.24) is 5.32 Å². The lowest BCUT2D eigenvalue weighted by Crippen LogP contribution is -2.43. The first kappa shape index (κ1) is 18.9. The predicted molar refractivity (Wildman–Crippen MR) is 87.9 cm³/mol. The van der Waals surface area contributed by atoms with Gasteiger partial charge in [0.15, 0.2) is 0 Å². The minimum Gasteiger partial charge on any atom is -0.370 e. The molecular formula is C15H14BrClF3N3O. The third-order valence-electron chi connectivity index (χ3n) is 3.79. The Balaban J connectivity index is 2.01. The minimum atomic E-state index is -4.41. The maximum Gasteiger partial charge on any atom is 0.405 e. The first-order chi connectivity index (χ1) is 11.2. The molecule has 1 heterocycles. The molecule has 1 aromatic carbocycles. The summed E-state index contributed by atoms with van der Waals surface area (Å²) in [5.41, 5.74) is 1.10. The summed E-state index contributed by atoms with van der Waals surface area (Å²) in [5.74, 6) is -1.04. The Kier molecular flexibility index (Phi) is 5.99. The zero-order valence-electron chi connectivity index (χ0n) is 12.5. The largest absolute Gasteiger partial charge is 0.405 e. The quantitative estimate of drug-likeness (QED) is 0.801. The molecule has 0 unspecified atom stereocenters. The zero-order valence-corrected chi connectivity index (χ0v) is 14.8. The van der Waals surface area contributed by atoms with Crippen molar-refractivity contribution in [1.29, 1.82) is 5.26 Å². The van der Waals surface area contributed by atoms with Gasteiger partial charge in [0.2, 0.25) is 5.91 Å². The molecule has 0 atom stereocenters. The molecule has 0 saturated carbocycles. The van der Waals surface area contributed by atoms with Gasteiger partial charge in [-0.1, -0.05) is 11.6 Å². The molecule has 9 heteroatoms. The third kappa shape index (κ3) is 4.77. The van der Waals surface area contributed by atoms with Gasteiger partial charge in [0.25, 0.3) is 0 Å². The van der Waals surface area contributed by atoms with Crippen LogP contribution in [0, 0.1) is 17.2 Å². The Bertz CT molecular complexity index is 667. The van der Waals surface area contributed by atoms with Crippen molar-refractivity contribution in [3.05, 3.63) is 27.2 Å². The minimum absolute atomic E-state index is 0.411. The Labute approximate surface area is 150 Å². The van der Waals surface area contributed by atoms with Gasteiger partial charge in [-0.3, -0.25) is 4.79 Å². The lowest BCUT2D eigenvalue weighted by atomic mass is 9.95. The van der Waals surface area contributed by atoms with E-state index in [9.17, 15) is 23.2 Å². The smallest absolute Gasteiger partial charge is 0.370 e. The van der Waals surface area contributed by atoms with E-state index in [0.29, 0.717) is 46.7 Å². The number of benzene rings is 1. The number of nitrogens with one attached hydrogen (secondary N) is 1. The van der Waals surface area contributed by atoms with E-state index in [1.165, 1.54) is 0 Å². The van der Waals surface area contributed by atoms with E-state index < -0.39 is 24.5 Å². The van der Waals surface area contributed by atoms with Crippen molar-refractivity contribution in [3.63, 3.8) is 0 Å². The van der Waals surface area contributed by atoms with Crippen LogP contribution in [0.1, 0.15) is 18.4 Å². The molecule has 24 heavy (non-hydrogen) atoms. The van der Waals surface area contributed by atoms with Gasteiger partial charge in [0.1, 0.15) is 12.6 Å². The number of anilines is 1. The Morgan fingerprint density at radius 2 is 2.04 bits per heavy atom. The van der Waals surface area contributed by atoms with Crippen LogP contribution in [0.2, 0.25) is 5.02 Å². The molecule has 1 aliphatic rings. The molecule has 130 valence electrons. The van der Waals surface area contributed by atoms with E-state index >= 15 is 0 Å². The number of carbonyl (C=O) groups excluding carboxylic acids is 1. The van der Waals surface area contributed by atoms with Gasteiger partial charge in [-0.2, -0.15) is 18.4 Å². The van der Waals surface area contributed by atoms with Gasteiger partial charge >= 0.3 is 6.18 Å². The molecule has 0 aromatic heterocycles. The highest BCUT2D eigenvalue weighted by molar-refractivity contribution is 9.10. The van der Waals surface area contributed by atoms with Crippen molar-refractivity contribution in [2.24, 2.45) is 5.92 Å². The average molecular weight is 425 g/mol. The summed E-state index contributed by atoms with van der Waals surface area (Å²) in [5, 5.41) is 11.6. The fourth-order valence-corrected chi connectivity index (χ4v) is 3.73. The SMILES string of the molecule is N#Cc1cc(Cl)cc(Br)c1N1CCC(C(=O)NCC(F)(F)F)CC1. The van der Waals surface area contributed by atoms with Gasteiger partial charge in [0.05, 0.1) is 11.3 Å². The average Bonchev–Trinajstić information content (AvgIpc) is 2.51. The normalized spacial score (nSPS) is 15.9. The van der Waals surface area contributed by atoms with Crippen molar-refractivity contribution in [2.75, 3.05) is 24.5 Å². The van der Waals surface area contributed by atoms with Crippen LogP contribution in [0.15, 0.2) is 16.6 Å². The van der Waals surface area contributed by atoms with Crippen molar-refractivity contribution < 1.29 is 18.0 Å². The maximum atomic E-state index is 12.2. The summed E-state index contributed by atoms with van der Waals surface area (Å²) >= 11 is 9.32. The van der Waals surface area contributed by atoms with Crippen LogP contribution < -0.4 is 10.2 Å². The molecule has 1 saturated heterocycles. The molecule has 1 fully saturated rings. The molecule has 1 aromatic rings. The van der Waals surface area contributed by atoms with Gasteiger partial charge in [-0.25, -0.2) is 0 Å². The second kappa shape index (κ2) is 7.62. The molecule has 0 spiro atoms. The van der Waals surface area contributed by atoms with Crippen LogP contribution in [-0.2, 0) is 4.79 Å². The van der Waals surface area contributed by atoms with Gasteiger partial charge < -0.3 is 10.2 Å². The van der Waals surface area contributed by atoms with Crippen LogP contribution in [0.25, 0.3) is 0 Å². The van der Waals surface area contributed by atoms with Crippen molar-refractivity contribution in [2.45, 2.75) is 19.0 Å². The van der Waals surface area contributed by atoms with Crippen molar-refractivity contribution >= 4 is 39.1 Å². The van der Waals surface area contributed by atoms with E-state index in [1.807, 2.05) is 10.2 Å². The zero-order chi connectivity index (χ0) is 17.9. The highest BCUT2D eigenvalue weighted by atomic mass is 79.9. The standard InChI is InChI=1S/C15H14BrClF3N3O/c16-12-6-11(17)5-10(7-21)13(12)23-3-1-9(2-4-23)14(24)22-8-15(18,19)20/h5-6,9H,1-4,8H2,(H,22,24). The first-order valence-electron chi connectivity index (χ1n) is 7.20. The summed E-state index contributed by atoms with van der Waals surface area (Å²) in [4.78, 5) is 13.8. The van der Waals surface area contributed by atoms with Crippen LogP contribution in [0.5, 0.6) is 0 Å². The molecule has 0 bridgehead atoms. The van der Waals surface area contributed by atoms with Gasteiger partial charge in [-0.05, 0) is 40.9 Å². The second-order valence-electron chi connectivity index (χ2n) is 5.49. The van der Waals surface area contributed by atoms with Gasteiger partial charge in [-0.15, -0.1) is 0 Å². The fourth-order valence-electron chi connectivity index (χ4n) is 2.67. The van der Waals surface area contributed by atoms with E-state index in [4.69, 9.17) is 11.6 Å². The summed E-state index contributed by atoms with van der Waals surface area (Å²) in [6.07, 6.45) is -3.57. The number of carbonyl (C=O) groups is 1. The number of nitrogens with zero attached hydrogens (tertiary/aromatic N) is 2. The molecule has 2 rings (SSSR count). The summed E-state index contributed by atoms with van der Waals surface area (Å²) < 4.78 is 37.1. The topological polar surface area (TPSA) is 56.1 Å². The second-order valence-corrected chi connectivity index (χ2v) is 6.78. The molecular weight excluding hydrogens is 411 g/mol. The van der Waals surface area contributed by atoms with E-state index in [1.54, 1.807) is 12.1 Å². The van der Waals surface area contributed by atoms with Crippen molar-refractivity contribution in [3.8, 4) is 6.07 Å². The van der Waals surface area contributed by atoms with Crippen LogP contribution in [0.3, 0.4) is 0 Å². The highest BCUT2D eigenvalue weighted by Gasteiger charge is 2.31. The number of hydrogen-bond donors (Lipinski definition) is 1. The summed E-state index contributed by atoms with van der Waals surface area (Å²) in [7, 11) is 0. The molecule has 1 aliphatic heterocycles. The number of amides is 1. The van der Waals surface area contributed by atoms with Crippen LogP contribution in [-0.4, -0.2) is 31.7 Å². The van der Waals surface area contributed by atoms with Gasteiger partial charge in [0, 0.05) is 28.5 Å². The number of alkyl halides is 3. The fraction of sp³-hybridized carbons (Fsp3) is 0.467. The van der Waals surface area contributed by atoms with Crippen LogP contribution in [0.4, 0.5) is 18.9 Å². The molecule has 4 nitrogen and oxygen atoms in total. The maximum absolute atomic E-state index is 12.2. The lowest BCUT2D eigenvalue weighted by Gasteiger charge is -2.34. The summed E-state index contributed by atoms with van der Waals surface area (Å²) in [6, 6.07) is 5.32. The van der Waals surface area contributed by atoms with Crippen LogP contribution >= 0.6 is 27.5 Å². The lowest BCUT2D eigenvalue weighted by molar-refractivity contribution is -0.141. The molecule has 1 amide bonds. The number of halogens is 5. The molecule has 0 radical (unpaired) electrons. The number of nitriles is 1. The number of hydrogen-bond acceptors (Lipinski definition) is 3. The van der Waals surface area contributed by atoms with E-state index in [-0.39, 0.29) is 0 Å².